The van der Waals surface area contributed by atoms with Crippen LogP contribution < -0.4 is 10.6 Å². The third-order valence-electron chi connectivity index (χ3n) is 4.40. The normalized spacial score (nSPS) is 11.4. The number of aromatic nitrogens is 2. The number of benzene rings is 1. The molecule has 0 atom stereocenters. The van der Waals surface area contributed by atoms with E-state index in [9.17, 15) is 0 Å². The van der Waals surface area contributed by atoms with Crippen LogP contribution in [-0.2, 0) is 13.0 Å². The number of oxazole rings is 1. The number of hydrogen-bond acceptors (Lipinski definition) is 5. The molecule has 0 aliphatic rings. The molecule has 0 saturated carbocycles. The van der Waals surface area contributed by atoms with Crippen LogP contribution in [0.15, 0.2) is 45.3 Å². The second-order valence-electron chi connectivity index (χ2n) is 7.20. The minimum Gasteiger partial charge on any atom is -0.444 e. The van der Waals surface area contributed by atoms with Gasteiger partial charge < -0.3 is 15.1 Å². The van der Waals surface area contributed by atoms with Gasteiger partial charge in [-0.3, -0.25) is 0 Å². The van der Waals surface area contributed by atoms with Crippen molar-refractivity contribution in [1.29, 1.82) is 0 Å². The molecule has 0 aliphatic carbocycles. The summed E-state index contributed by atoms with van der Waals surface area (Å²) in [6.07, 6.45) is 2.48. The van der Waals surface area contributed by atoms with Gasteiger partial charge in [-0.15, -0.1) is 35.3 Å². The van der Waals surface area contributed by atoms with Crippen molar-refractivity contribution >= 4 is 41.3 Å². The lowest BCUT2D eigenvalue weighted by molar-refractivity contribution is 0.572. The Balaban J connectivity index is 0.00000320. The molecule has 0 saturated heterocycles. The van der Waals surface area contributed by atoms with Crippen LogP contribution in [0.1, 0.15) is 48.6 Å². The second kappa shape index (κ2) is 12.0. The van der Waals surface area contributed by atoms with Gasteiger partial charge in [-0.25, -0.2) is 15.0 Å². The van der Waals surface area contributed by atoms with Crippen LogP contribution in [0.5, 0.6) is 0 Å². The number of nitrogens with zero attached hydrogens (tertiary/aromatic N) is 3. The minimum atomic E-state index is 0. The van der Waals surface area contributed by atoms with Crippen molar-refractivity contribution in [2.75, 3.05) is 13.1 Å². The van der Waals surface area contributed by atoms with Crippen molar-refractivity contribution in [3.05, 3.63) is 57.9 Å². The van der Waals surface area contributed by atoms with Gasteiger partial charge >= 0.3 is 0 Å². The molecule has 8 heteroatoms. The molecule has 6 nitrogen and oxygen atoms in total. The first-order chi connectivity index (χ1) is 14.0. The van der Waals surface area contributed by atoms with E-state index in [-0.39, 0.29) is 24.0 Å². The number of hydrogen-bond donors (Lipinski definition) is 2. The molecule has 2 aromatic heterocycles. The summed E-state index contributed by atoms with van der Waals surface area (Å²) in [5, 5.41) is 9.79. The molecule has 3 rings (SSSR count). The van der Waals surface area contributed by atoms with Crippen molar-refractivity contribution < 1.29 is 4.42 Å². The SMILES string of the molecule is CCNC(=NCc1nc(C(C)C)cs1)NCCc1coc(-c2ccc(C)cc2)n1.I. The molecule has 0 bridgehead atoms. The topological polar surface area (TPSA) is 75.3 Å². The quantitative estimate of drug-likeness (QED) is 0.236. The molecular formula is C22H30IN5OS. The molecule has 30 heavy (non-hydrogen) atoms. The smallest absolute Gasteiger partial charge is 0.226 e. The van der Waals surface area contributed by atoms with E-state index in [2.05, 4.69) is 70.8 Å². The number of rotatable bonds is 8. The highest BCUT2D eigenvalue weighted by atomic mass is 127. The Kier molecular flexibility index (Phi) is 9.77. The summed E-state index contributed by atoms with van der Waals surface area (Å²) in [5.41, 5.74) is 4.27. The van der Waals surface area contributed by atoms with Crippen LogP contribution in [0.4, 0.5) is 0 Å². The Hall–Kier alpha value is -1.94. The Morgan fingerprint density at radius 3 is 2.60 bits per heavy atom. The molecule has 0 fully saturated rings. The Morgan fingerprint density at radius 1 is 1.17 bits per heavy atom. The van der Waals surface area contributed by atoms with E-state index in [4.69, 9.17) is 4.42 Å². The van der Waals surface area contributed by atoms with Gasteiger partial charge in [0.1, 0.15) is 11.3 Å². The highest BCUT2D eigenvalue weighted by molar-refractivity contribution is 14.0. The van der Waals surface area contributed by atoms with E-state index < -0.39 is 0 Å². The fourth-order valence-corrected chi connectivity index (χ4v) is 3.59. The van der Waals surface area contributed by atoms with Gasteiger partial charge in [0.15, 0.2) is 5.96 Å². The predicted octanol–water partition coefficient (Wildman–Crippen LogP) is 5.15. The van der Waals surface area contributed by atoms with Crippen LogP contribution >= 0.6 is 35.3 Å². The lowest BCUT2D eigenvalue weighted by atomic mass is 10.1. The summed E-state index contributed by atoms with van der Waals surface area (Å²) in [4.78, 5) is 13.9. The highest BCUT2D eigenvalue weighted by Crippen LogP contribution is 2.19. The fourth-order valence-electron chi connectivity index (χ4n) is 2.71. The highest BCUT2D eigenvalue weighted by Gasteiger charge is 2.08. The van der Waals surface area contributed by atoms with Crippen molar-refractivity contribution in [2.45, 2.75) is 46.6 Å². The lowest BCUT2D eigenvalue weighted by Crippen LogP contribution is -2.38. The molecule has 0 amide bonds. The van der Waals surface area contributed by atoms with Gasteiger partial charge in [0, 0.05) is 30.5 Å². The first-order valence-corrected chi connectivity index (χ1v) is 10.9. The maximum Gasteiger partial charge on any atom is 0.226 e. The van der Waals surface area contributed by atoms with E-state index in [0.717, 1.165) is 47.4 Å². The molecule has 0 radical (unpaired) electrons. The zero-order valence-corrected chi connectivity index (χ0v) is 21.1. The molecule has 1 aromatic carbocycles. The van der Waals surface area contributed by atoms with E-state index in [0.29, 0.717) is 18.4 Å². The third-order valence-corrected chi connectivity index (χ3v) is 5.25. The zero-order chi connectivity index (χ0) is 20.6. The van der Waals surface area contributed by atoms with Crippen molar-refractivity contribution in [1.82, 2.24) is 20.6 Å². The van der Waals surface area contributed by atoms with Gasteiger partial charge in [-0.05, 0) is 31.9 Å². The van der Waals surface area contributed by atoms with Crippen molar-refractivity contribution in [3.63, 3.8) is 0 Å². The van der Waals surface area contributed by atoms with Gasteiger partial charge in [-0.1, -0.05) is 31.5 Å². The average molecular weight is 539 g/mol. The van der Waals surface area contributed by atoms with E-state index in [1.807, 2.05) is 12.1 Å². The fraction of sp³-hybridized carbons (Fsp3) is 0.409. The van der Waals surface area contributed by atoms with E-state index in [1.54, 1.807) is 17.6 Å². The maximum absolute atomic E-state index is 5.63. The van der Waals surface area contributed by atoms with Crippen molar-refractivity contribution in [2.24, 2.45) is 4.99 Å². The molecule has 0 spiro atoms. The van der Waals surface area contributed by atoms with Crippen LogP contribution in [0.3, 0.4) is 0 Å². The summed E-state index contributed by atoms with van der Waals surface area (Å²) in [5.74, 6) is 1.89. The first kappa shape index (κ1) is 24.3. The Bertz CT molecular complexity index is 933. The van der Waals surface area contributed by atoms with Crippen LogP contribution in [0.25, 0.3) is 11.5 Å². The second-order valence-corrected chi connectivity index (χ2v) is 8.15. The summed E-state index contributed by atoms with van der Waals surface area (Å²) < 4.78 is 5.63. The number of guanidine groups is 1. The lowest BCUT2D eigenvalue weighted by Gasteiger charge is -2.10. The monoisotopic (exact) mass is 539 g/mol. The van der Waals surface area contributed by atoms with Crippen molar-refractivity contribution in [3.8, 4) is 11.5 Å². The number of aryl methyl sites for hydroxylation is 1. The van der Waals surface area contributed by atoms with Gasteiger partial charge in [-0.2, -0.15) is 0 Å². The summed E-state index contributed by atoms with van der Waals surface area (Å²) in [6.45, 7) is 10.5. The number of nitrogens with one attached hydrogen (secondary N) is 2. The summed E-state index contributed by atoms with van der Waals surface area (Å²) in [7, 11) is 0. The number of aliphatic imine (C=N–C) groups is 1. The molecule has 0 aliphatic heterocycles. The molecular weight excluding hydrogens is 509 g/mol. The van der Waals surface area contributed by atoms with Crippen LogP contribution in [0.2, 0.25) is 0 Å². The van der Waals surface area contributed by atoms with Gasteiger partial charge in [0.05, 0.1) is 17.9 Å². The van der Waals surface area contributed by atoms with Crippen LogP contribution in [0, 0.1) is 6.92 Å². The standard InChI is InChI=1S/C22H29N5OS.HI/c1-5-23-22(25-12-20-27-19(14-29-20)15(2)3)24-11-10-18-13-28-21(26-18)17-8-6-16(4)7-9-17;/h6-9,13-15H,5,10-12H2,1-4H3,(H2,23,24,25);1H. The maximum atomic E-state index is 5.63. The summed E-state index contributed by atoms with van der Waals surface area (Å²) >= 11 is 1.66. The Morgan fingerprint density at radius 2 is 1.93 bits per heavy atom. The third kappa shape index (κ3) is 7.09. The molecule has 2 N–H and O–H groups in total. The molecule has 0 unspecified atom stereocenters. The molecule has 2 heterocycles. The number of halogens is 1. The Labute approximate surface area is 199 Å². The van der Waals surface area contributed by atoms with E-state index in [1.165, 1.54) is 5.56 Å². The molecule has 162 valence electrons. The zero-order valence-electron chi connectivity index (χ0n) is 17.9. The largest absolute Gasteiger partial charge is 0.444 e. The average Bonchev–Trinajstić information content (AvgIpc) is 3.36. The number of thiazole rings is 1. The van der Waals surface area contributed by atoms with E-state index >= 15 is 0 Å². The minimum absolute atomic E-state index is 0. The predicted molar refractivity (Wildman–Crippen MR) is 135 cm³/mol. The summed E-state index contributed by atoms with van der Waals surface area (Å²) in [6, 6.07) is 8.18. The van der Waals surface area contributed by atoms with Gasteiger partial charge in [0.25, 0.3) is 0 Å². The van der Waals surface area contributed by atoms with Gasteiger partial charge in [0.2, 0.25) is 5.89 Å². The van der Waals surface area contributed by atoms with Crippen LogP contribution in [-0.4, -0.2) is 29.0 Å². The first-order valence-electron chi connectivity index (χ1n) is 10.0. The molecule has 3 aromatic rings.